The molecule has 4 aliphatic carbocycles. The molecule has 1 saturated heterocycles. The molecule has 4 unspecified atom stereocenters. The number of ether oxygens (including phenoxy) is 2. The highest BCUT2D eigenvalue weighted by molar-refractivity contribution is 5.79. The zero-order chi connectivity index (χ0) is 23.7. The number of ketones is 1. The summed E-state index contributed by atoms with van der Waals surface area (Å²) >= 11 is 0. The average Bonchev–Trinajstić information content (AvgIpc) is 3.10. The van der Waals surface area contributed by atoms with Crippen molar-refractivity contribution in [2.75, 3.05) is 0 Å². The maximum absolute atomic E-state index is 12.1. The van der Waals surface area contributed by atoms with Gasteiger partial charge >= 0.3 is 5.97 Å². The summed E-state index contributed by atoms with van der Waals surface area (Å²) in [6.07, 6.45) is 0.569. The van der Waals surface area contributed by atoms with E-state index in [-0.39, 0.29) is 16.9 Å². The maximum atomic E-state index is 12.1. The van der Waals surface area contributed by atoms with Crippen LogP contribution in [0.15, 0.2) is 0 Å². The fraction of sp³-hybridized carbons (Fsp3) is 0.920. The summed E-state index contributed by atoms with van der Waals surface area (Å²) in [7, 11) is 0. The minimum Gasteiger partial charge on any atom is -0.479 e. The Hall–Kier alpha value is -1.06. The normalized spacial score (nSPS) is 54.3. The number of aliphatic hydroxyl groups is 3. The summed E-state index contributed by atoms with van der Waals surface area (Å²) in [6.45, 7) is 4.66. The fourth-order valence-corrected chi connectivity index (χ4v) is 8.55. The third-order valence-electron chi connectivity index (χ3n) is 10.5. The highest BCUT2D eigenvalue weighted by Crippen LogP contribution is 2.66. The van der Waals surface area contributed by atoms with Crippen LogP contribution in [-0.4, -0.2) is 69.0 Å². The molecule has 186 valence electrons. The Bertz CT molecular complexity index is 801. The number of fused-ring (bicyclic) bond motifs is 5. The Morgan fingerprint density at radius 1 is 0.939 bits per heavy atom. The number of carbonyl (C=O) groups excluding carboxylic acids is 1. The van der Waals surface area contributed by atoms with Gasteiger partial charge in [0, 0.05) is 12.8 Å². The number of hydrogen-bond acceptors (Lipinski definition) is 7. The molecular weight excluding hydrogens is 428 g/mol. The summed E-state index contributed by atoms with van der Waals surface area (Å²) in [4.78, 5) is 23.6. The van der Waals surface area contributed by atoms with Gasteiger partial charge in [-0.15, -0.1) is 0 Å². The number of rotatable bonds is 3. The lowest BCUT2D eigenvalue weighted by Gasteiger charge is -2.60. The number of carbonyl (C=O) groups is 2. The molecule has 5 rings (SSSR count). The Morgan fingerprint density at radius 2 is 1.67 bits per heavy atom. The van der Waals surface area contributed by atoms with E-state index < -0.39 is 36.7 Å². The van der Waals surface area contributed by atoms with E-state index in [1.165, 1.54) is 0 Å². The molecule has 5 fully saturated rings. The van der Waals surface area contributed by atoms with Gasteiger partial charge in [-0.2, -0.15) is 0 Å². The molecule has 0 bridgehead atoms. The highest BCUT2D eigenvalue weighted by atomic mass is 16.7. The van der Waals surface area contributed by atoms with Gasteiger partial charge in [-0.1, -0.05) is 13.8 Å². The van der Waals surface area contributed by atoms with Crippen molar-refractivity contribution in [2.24, 2.45) is 34.5 Å². The first-order valence-electron chi connectivity index (χ1n) is 12.7. The summed E-state index contributed by atoms with van der Waals surface area (Å²) in [5.41, 5.74) is 0.117. The number of aliphatic hydroxyl groups excluding tert-OH is 3. The van der Waals surface area contributed by atoms with E-state index in [4.69, 9.17) is 9.47 Å². The molecule has 8 heteroatoms. The first-order chi connectivity index (χ1) is 15.6. The van der Waals surface area contributed by atoms with Crippen LogP contribution in [-0.2, 0) is 19.1 Å². The van der Waals surface area contributed by atoms with Gasteiger partial charge < -0.3 is 29.9 Å². The molecule has 0 aromatic rings. The van der Waals surface area contributed by atoms with Crippen LogP contribution in [0.2, 0.25) is 0 Å². The molecule has 0 amide bonds. The van der Waals surface area contributed by atoms with E-state index in [0.717, 1.165) is 51.4 Å². The minimum atomic E-state index is -1.71. The number of Topliss-reactive ketones (excluding diaryl/α,β-unsaturated/α-hetero) is 1. The van der Waals surface area contributed by atoms with Crippen LogP contribution in [0.3, 0.4) is 0 Å². The lowest BCUT2D eigenvalue weighted by molar-refractivity contribution is -0.313. The number of hydrogen-bond donors (Lipinski definition) is 4. The van der Waals surface area contributed by atoms with Crippen LogP contribution in [0.4, 0.5) is 0 Å². The summed E-state index contributed by atoms with van der Waals surface area (Å²) in [5.74, 6) is 1.21. The van der Waals surface area contributed by atoms with Crippen molar-refractivity contribution in [2.45, 2.75) is 108 Å². The molecule has 0 radical (unpaired) electrons. The zero-order valence-electron chi connectivity index (χ0n) is 19.6. The van der Waals surface area contributed by atoms with Crippen LogP contribution in [0.5, 0.6) is 0 Å². The van der Waals surface area contributed by atoms with Gasteiger partial charge in [0.2, 0.25) is 0 Å². The molecule has 1 aliphatic heterocycles. The van der Waals surface area contributed by atoms with Crippen molar-refractivity contribution in [3.05, 3.63) is 0 Å². The summed E-state index contributed by atoms with van der Waals surface area (Å²) in [6, 6.07) is 0. The molecule has 5 aliphatic rings. The van der Waals surface area contributed by atoms with Crippen molar-refractivity contribution in [3.63, 3.8) is 0 Å². The van der Waals surface area contributed by atoms with Gasteiger partial charge in [0.25, 0.3) is 0 Å². The van der Waals surface area contributed by atoms with Crippen LogP contribution >= 0.6 is 0 Å². The smallest absolute Gasteiger partial charge is 0.335 e. The molecule has 12 atom stereocenters. The standard InChI is InChI=1S/C25H38O8/c1-24-9-7-13(26)11-12(24)3-4-14-15-5-6-17(25(15,2)10-8-16(14)24)32-23-20(29)18(27)19(28)21(33-23)22(30)31/h12,14-21,23,27-29H,3-11H2,1-2H3,(H,30,31)/t12?,14?,15?,16?,17-,18+,19+,20-,21-,23-,24+,25+/m1/s1. The second-order valence-electron chi connectivity index (χ2n) is 11.9. The largest absolute Gasteiger partial charge is 0.479 e. The van der Waals surface area contributed by atoms with Crippen molar-refractivity contribution >= 4 is 11.8 Å². The average molecular weight is 467 g/mol. The molecule has 8 nitrogen and oxygen atoms in total. The fourth-order valence-electron chi connectivity index (χ4n) is 8.55. The molecule has 4 N–H and O–H groups in total. The molecule has 0 spiro atoms. The van der Waals surface area contributed by atoms with Gasteiger partial charge in [0.05, 0.1) is 6.10 Å². The number of carboxylic acids is 1. The number of aliphatic carboxylic acids is 1. The SMILES string of the molecule is C[C@]12CCC(=O)CC1CCC1C2CC[C@@]2(C)C1CC[C@H]2O[C@@H]1O[C@@H](C(=O)O)[C@@H](O)[C@H](O)[C@H]1O. The molecule has 0 aromatic carbocycles. The third-order valence-corrected chi connectivity index (χ3v) is 10.5. The van der Waals surface area contributed by atoms with Crippen molar-refractivity contribution in [1.82, 2.24) is 0 Å². The van der Waals surface area contributed by atoms with Gasteiger partial charge in [-0.05, 0) is 79.4 Å². The third kappa shape index (κ3) is 3.59. The molecule has 1 heterocycles. The van der Waals surface area contributed by atoms with Gasteiger partial charge in [-0.3, -0.25) is 4.79 Å². The predicted octanol–water partition coefficient (Wildman–Crippen LogP) is 1.88. The first kappa shape index (κ1) is 23.7. The van der Waals surface area contributed by atoms with Crippen molar-refractivity contribution in [1.29, 1.82) is 0 Å². The van der Waals surface area contributed by atoms with Crippen molar-refractivity contribution < 1.29 is 39.5 Å². The van der Waals surface area contributed by atoms with Gasteiger partial charge in [0.1, 0.15) is 24.1 Å². The Kier molecular flexibility index (Phi) is 5.93. The maximum Gasteiger partial charge on any atom is 0.335 e. The highest BCUT2D eigenvalue weighted by Gasteiger charge is 2.61. The van der Waals surface area contributed by atoms with E-state index in [1.54, 1.807) is 0 Å². The van der Waals surface area contributed by atoms with E-state index in [0.29, 0.717) is 35.9 Å². The van der Waals surface area contributed by atoms with Crippen molar-refractivity contribution in [3.8, 4) is 0 Å². The number of carboxylic acid groups (broad SMARTS) is 1. The summed E-state index contributed by atoms with van der Waals surface area (Å²) < 4.78 is 11.6. The molecule has 4 saturated carbocycles. The van der Waals surface area contributed by atoms with Crippen LogP contribution in [0, 0.1) is 34.5 Å². The second kappa shape index (κ2) is 8.26. The molecule has 0 aromatic heterocycles. The Morgan fingerprint density at radius 3 is 2.39 bits per heavy atom. The lowest BCUT2D eigenvalue weighted by Crippen LogP contribution is -2.61. The van der Waals surface area contributed by atoms with E-state index in [9.17, 15) is 30.0 Å². The Labute approximate surface area is 194 Å². The van der Waals surface area contributed by atoms with E-state index in [2.05, 4.69) is 13.8 Å². The van der Waals surface area contributed by atoms with Crippen LogP contribution in [0.1, 0.15) is 71.6 Å². The second-order valence-corrected chi connectivity index (χ2v) is 11.9. The predicted molar refractivity (Wildman–Crippen MR) is 116 cm³/mol. The summed E-state index contributed by atoms with van der Waals surface area (Å²) in [5, 5.41) is 39.9. The van der Waals surface area contributed by atoms with Crippen LogP contribution in [0.25, 0.3) is 0 Å². The van der Waals surface area contributed by atoms with Gasteiger partial charge in [0.15, 0.2) is 12.4 Å². The van der Waals surface area contributed by atoms with Crippen LogP contribution < -0.4 is 0 Å². The monoisotopic (exact) mass is 466 g/mol. The molecular formula is C25H38O8. The van der Waals surface area contributed by atoms with E-state index >= 15 is 0 Å². The Balaban J connectivity index is 1.32. The van der Waals surface area contributed by atoms with Gasteiger partial charge in [-0.25, -0.2) is 4.79 Å². The zero-order valence-corrected chi connectivity index (χ0v) is 19.6. The molecule has 33 heavy (non-hydrogen) atoms. The first-order valence-corrected chi connectivity index (χ1v) is 12.7. The van der Waals surface area contributed by atoms with E-state index in [1.807, 2.05) is 0 Å². The minimum absolute atomic E-state index is 0.113. The quantitative estimate of drug-likeness (QED) is 0.495. The lowest BCUT2D eigenvalue weighted by atomic mass is 9.45. The topological polar surface area (TPSA) is 134 Å².